The Morgan fingerprint density at radius 1 is 1.28 bits per heavy atom. The molecule has 1 aliphatic carbocycles. The molecule has 0 aliphatic heterocycles. The summed E-state index contributed by atoms with van der Waals surface area (Å²) in [6.07, 6.45) is 2.74. The summed E-state index contributed by atoms with van der Waals surface area (Å²) in [5.41, 5.74) is 6.32. The van der Waals surface area contributed by atoms with E-state index in [1.807, 2.05) is 13.8 Å². The van der Waals surface area contributed by atoms with Crippen LogP contribution in [0.1, 0.15) is 50.7 Å². The van der Waals surface area contributed by atoms with Gasteiger partial charge >= 0.3 is 0 Å². The minimum absolute atomic E-state index is 0.0828. The third-order valence-electron chi connectivity index (χ3n) is 4.51. The van der Waals surface area contributed by atoms with Crippen LogP contribution in [0.25, 0.3) is 17.4 Å². The maximum absolute atomic E-state index is 13.6. The molecule has 1 saturated carbocycles. The second-order valence-corrected chi connectivity index (χ2v) is 6.77. The standard InChI is InChI=1S/C17H19FN6O/c1-10(2)14-20-13(22-24(14)12-6-3-5-11(18)9-12)15-21-16(23-25-15)17(19)7-4-8-17/h3,5-6,9-10H,4,7-8,19H2,1-2H3. The van der Waals surface area contributed by atoms with E-state index in [0.29, 0.717) is 23.2 Å². The van der Waals surface area contributed by atoms with E-state index in [9.17, 15) is 4.39 Å². The highest BCUT2D eigenvalue weighted by molar-refractivity contribution is 5.43. The van der Waals surface area contributed by atoms with Crippen molar-refractivity contribution < 1.29 is 8.91 Å². The number of aromatic nitrogens is 5. The molecule has 2 aromatic heterocycles. The molecule has 0 atom stereocenters. The van der Waals surface area contributed by atoms with Gasteiger partial charge < -0.3 is 10.3 Å². The zero-order chi connectivity index (χ0) is 17.6. The van der Waals surface area contributed by atoms with Gasteiger partial charge in [0, 0.05) is 5.92 Å². The number of nitrogens with zero attached hydrogens (tertiary/aromatic N) is 5. The first-order valence-corrected chi connectivity index (χ1v) is 8.33. The number of rotatable bonds is 4. The maximum atomic E-state index is 13.6. The van der Waals surface area contributed by atoms with Gasteiger partial charge in [-0.05, 0) is 37.5 Å². The molecular formula is C17H19FN6O. The third kappa shape index (κ3) is 2.72. The number of halogens is 1. The van der Waals surface area contributed by atoms with Crippen molar-refractivity contribution in [3.05, 3.63) is 41.7 Å². The molecule has 3 aromatic rings. The summed E-state index contributed by atoms with van der Waals surface area (Å²) in [5, 5.41) is 8.45. The van der Waals surface area contributed by atoms with E-state index in [4.69, 9.17) is 10.3 Å². The Kier molecular flexibility index (Phi) is 3.64. The van der Waals surface area contributed by atoms with Crippen molar-refractivity contribution in [3.63, 3.8) is 0 Å². The Hall–Kier alpha value is -2.61. The van der Waals surface area contributed by atoms with E-state index in [1.54, 1.807) is 16.8 Å². The van der Waals surface area contributed by atoms with Crippen LogP contribution < -0.4 is 5.73 Å². The summed E-state index contributed by atoms with van der Waals surface area (Å²) in [6.45, 7) is 3.98. The fourth-order valence-electron chi connectivity index (χ4n) is 2.88. The van der Waals surface area contributed by atoms with E-state index in [-0.39, 0.29) is 17.6 Å². The van der Waals surface area contributed by atoms with Crippen LogP contribution in [-0.4, -0.2) is 24.9 Å². The summed E-state index contributed by atoms with van der Waals surface area (Å²) >= 11 is 0. The Balaban J connectivity index is 1.75. The van der Waals surface area contributed by atoms with Crippen molar-refractivity contribution in [1.82, 2.24) is 24.9 Å². The van der Waals surface area contributed by atoms with E-state index in [1.165, 1.54) is 12.1 Å². The van der Waals surface area contributed by atoms with Gasteiger partial charge in [0.15, 0.2) is 5.82 Å². The monoisotopic (exact) mass is 342 g/mol. The van der Waals surface area contributed by atoms with Crippen molar-refractivity contribution in [2.24, 2.45) is 5.73 Å². The molecule has 0 spiro atoms. The summed E-state index contributed by atoms with van der Waals surface area (Å²) in [7, 11) is 0. The first kappa shape index (κ1) is 15.9. The van der Waals surface area contributed by atoms with Crippen molar-refractivity contribution in [1.29, 1.82) is 0 Å². The predicted molar refractivity (Wildman–Crippen MR) is 88.4 cm³/mol. The van der Waals surface area contributed by atoms with Crippen LogP contribution in [0.3, 0.4) is 0 Å². The van der Waals surface area contributed by atoms with Crippen LogP contribution in [-0.2, 0) is 5.54 Å². The minimum atomic E-state index is -0.506. The highest BCUT2D eigenvalue weighted by Gasteiger charge is 2.39. The Labute approximate surface area is 144 Å². The molecule has 4 rings (SSSR count). The predicted octanol–water partition coefficient (Wildman–Crippen LogP) is 2.92. The Bertz CT molecular complexity index is 912. The minimum Gasteiger partial charge on any atom is -0.330 e. The molecule has 1 fully saturated rings. The SMILES string of the molecule is CC(C)c1nc(-c2nc(C3(N)CCC3)no2)nn1-c1cccc(F)c1. The molecule has 0 saturated heterocycles. The molecule has 7 nitrogen and oxygen atoms in total. The van der Waals surface area contributed by atoms with Crippen LogP contribution in [0.4, 0.5) is 4.39 Å². The van der Waals surface area contributed by atoms with Crippen molar-refractivity contribution in [2.75, 3.05) is 0 Å². The molecule has 1 aromatic carbocycles. The smallest absolute Gasteiger partial charge is 0.297 e. The fourth-order valence-corrected chi connectivity index (χ4v) is 2.88. The van der Waals surface area contributed by atoms with E-state index in [0.717, 1.165) is 19.3 Å². The van der Waals surface area contributed by atoms with Gasteiger partial charge in [-0.1, -0.05) is 25.1 Å². The van der Waals surface area contributed by atoms with Crippen LogP contribution >= 0.6 is 0 Å². The van der Waals surface area contributed by atoms with Crippen LogP contribution in [0.2, 0.25) is 0 Å². The highest BCUT2D eigenvalue weighted by Crippen LogP contribution is 2.37. The van der Waals surface area contributed by atoms with Crippen LogP contribution in [0.15, 0.2) is 28.8 Å². The van der Waals surface area contributed by atoms with Crippen molar-refractivity contribution in [3.8, 4) is 17.4 Å². The molecule has 0 radical (unpaired) electrons. The summed E-state index contributed by atoms with van der Waals surface area (Å²) in [5.74, 6) is 1.46. The number of nitrogens with two attached hydrogens (primary N) is 1. The second kappa shape index (κ2) is 5.73. The van der Waals surface area contributed by atoms with E-state index in [2.05, 4.69) is 20.2 Å². The molecule has 130 valence electrons. The second-order valence-electron chi connectivity index (χ2n) is 6.77. The largest absolute Gasteiger partial charge is 0.330 e. The molecule has 1 aliphatic rings. The topological polar surface area (TPSA) is 95.7 Å². The molecule has 8 heteroatoms. The lowest BCUT2D eigenvalue weighted by atomic mass is 9.77. The molecule has 2 heterocycles. The fraction of sp³-hybridized carbons (Fsp3) is 0.412. The zero-order valence-electron chi connectivity index (χ0n) is 14.1. The lowest BCUT2D eigenvalue weighted by Gasteiger charge is -2.34. The van der Waals surface area contributed by atoms with Gasteiger partial charge in [-0.25, -0.2) is 14.1 Å². The first-order valence-electron chi connectivity index (χ1n) is 8.33. The third-order valence-corrected chi connectivity index (χ3v) is 4.51. The van der Waals surface area contributed by atoms with Gasteiger partial charge in [0.2, 0.25) is 5.82 Å². The Morgan fingerprint density at radius 2 is 2.08 bits per heavy atom. The average molecular weight is 342 g/mol. The highest BCUT2D eigenvalue weighted by atomic mass is 19.1. The lowest BCUT2D eigenvalue weighted by Crippen LogP contribution is -2.44. The average Bonchev–Trinajstić information content (AvgIpc) is 3.19. The summed E-state index contributed by atoms with van der Waals surface area (Å²) in [4.78, 5) is 8.90. The number of benzene rings is 1. The summed E-state index contributed by atoms with van der Waals surface area (Å²) in [6, 6.07) is 6.21. The molecule has 0 bridgehead atoms. The quantitative estimate of drug-likeness (QED) is 0.783. The van der Waals surface area contributed by atoms with E-state index < -0.39 is 5.54 Å². The molecule has 2 N–H and O–H groups in total. The number of hydrogen-bond acceptors (Lipinski definition) is 6. The molecule has 0 amide bonds. The number of hydrogen-bond donors (Lipinski definition) is 1. The van der Waals surface area contributed by atoms with Gasteiger partial charge in [-0.3, -0.25) is 0 Å². The Morgan fingerprint density at radius 3 is 2.72 bits per heavy atom. The zero-order valence-corrected chi connectivity index (χ0v) is 14.1. The van der Waals surface area contributed by atoms with Gasteiger partial charge in [0.05, 0.1) is 11.2 Å². The molecule has 25 heavy (non-hydrogen) atoms. The normalized spacial score (nSPS) is 16.2. The molecular weight excluding hydrogens is 323 g/mol. The van der Waals surface area contributed by atoms with Crippen LogP contribution in [0, 0.1) is 5.82 Å². The van der Waals surface area contributed by atoms with Gasteiger partial charge in [0.25, 0.3) is 5.89 Å². The van der Waals surface area contributed by atoms with Gasteiger partial charge in [0.1, 0.15) is 11.6 Å². The maximum Gasteiger partial charge on any atom is 0.297 e. The lowest BCUT2D eigenvalue weighted by molar-refractivity contribution is 0.229. The molecule has 0 unspecified atom stereocenters. The van der Waals surface area contributed by atoms with E-state index >= 15 is 0 Å². The summed E-state index contributed by atoms with van der Waals surface area (Å²) < 4.78 is 20.5. The van der Waals surface area contributed by atoms with Crippen molar-refractivity contribution >= 4 is 0 Å². The van der Waals surface area contributed by atoms with Gasteiger partial charge in [-0.15, -0.1) is 5.10 Å². The first-order chi connectivity index (χ1) is 12.0. The van der Waals surface area contributed by atoms with Gasteiger partial charge in [-0.2, -0.15) is 4.98 Å². The van der Waals surface area contributed by atoms with Crippen molar-refractivity contribution in [2.45, 2.75) is 44.6 Å². The van der Waals surface area contributed by atoms with Crippen LogP contribution in [0.5, 0.6) is 0 Å².